The van der Waals surface area contributed by atoms with Crippen LogP contribution in [-0.4, -0.2) is 21.2 Å². The first-order valence-electron chi connectivity index (χ1n) is 7.69. The predicted molar refractivity (Wildman–Crippen MR) is 100 cm³/mol. The zero-order chi connectivity index (χ0) is 17.6. The Morgan fingerprint density at radius 1 is 1.08 bits per heavy atom. The molecule has 1 aromatic heterocycles. The number of aromatic nitrogens is 2. The Balaban J connectivity index is 2.09. The average Bonchev–Trinajstić information content (AvgIpc) is 2.94. The van der Waals surface area contributed by atoms with E-state index in [0.717, 1.165) is 4.47 Å². The number of rotatable bonds is 2. The number of nitrogens with zero attached hydrogens (tertiary/aromatic N) is 4. The molecule has 3 aromatic rings. The molecule has 25 heavy (non-hydrogen) atoms. The zero-order valence-corrected chi connectivity index (χ0v) is 14.9. The molecule has 0 atom stereocenters. The van der Waals surface area contributed by atoms with Gasteiger partial charge in [0.25, 0.3) is 11.5 Å². The minimum absolute atomic E-state index is 0.202. The van der Waals surface area contributed by atoms with E-state index in [1.807, 2.05) is 24.3 Å². The summed E-state index contributed by atoms with van der Waals surface area (Å²) in [6.07, 6.45) is 0.225. The van der Waals surface area contributed by atoms with Crippen molar-refractivity contribution in [2.75, 3.05) is 5.01 Å². The molecule has 0 spiro atoms. The maximum atomic E-state index is 13.2. The first kappa shape index (κ1) is 15.7. The standard InChI is InChI=1S/C18H13BrN4O2/c1-11-9-16(24)23(21-11)18-20-15-8-7-12(19)10-14(15)17(25)22(18)13-5-3-2-4-6-13/h2-8,10H,9H2,1H3. The SMILES string of the molecule is CC1=NN(c2nc3ccc(Br)cc3c(=O)n2-c2ccccc2)C(=O)C1. The van der Waals surface area contributed by atoms with E-state index in [9.17, 15) is 9.59 Å². The quantitative estimate of drug-likeness (QED) is 0.667. The predicted octanol–water partition coefficient (Wildman–Crippen LogP) is 3.26. The molecule has 0 radical (unpaired) electrons. The second kappa shape index (κ2) is 5.93. The summed E-state index contributed by atoms with van der Waals surface area (Å²) in [4.78, 5) is 30.0. The number of carbonyl (C=O) groups excluding carboxylic acids is 1. The molecule has 2 aromatic carbocycles. The van der Waals surface area contributed by atoms with Gasteiger partial charge in [0.15, 0.2) is 0 Å². The van der Waals surface area contributed by atoms with Gasteiger partial charge >= 0.3 is 0 Å². The van der Waals surface area contributed by atoms with Crippen molar-refractivity contribution >= 4 is 44.4 Å². The summed E-state index contributed by atoms with van der Waals surface area (Å²) in [5.74, 6) is -0.00147. The van der Waals surface area contributed by atoms with Crippen LogP contribution in [0.5, 0.6) is 0 Å². The summed E-state index contributed by atoms with van der Waals surface area (Å²) in [6.45, 7) is 1.78. The van der Waals surface area contributed by atoms with Crippen LogP contribution in [0.3, 0.4) is 0 Å². The van der Waals surface area contributed by atoms with E-state index in [1.165, 1.54) is 9.58 Å². The molecule has 0 saturated carbocycles. The van der Waals surface area contributed by atoms with E-state index in [4.69, 9.17) is 0 Å². The molecule has 0 aliphatic carbocycles. The van der Waals surface area contributed by atoms with Crippen molar-refractivity contribution in [3.8, 4) is 5.69 Å². The molecule has 0 N–H and O–H groups in total. The van der Waals surface area contributed by atoms with Gasteiger partial charge in [-0.25, -0.2) is 9.55 Å². The molecule has 0 bridgehead atoms. The fourth-order valence-electron chi connectivity index (χ4n) is 2.81. The Morgan fingerprint density at radius 3 is 2.52 bits per heavy atom. The van der Waals surface area contributed by atoms with E-state index < -0.39 is 0 Å². The van der Waals surface area contributed by atoms with Crippen molar-refractivity contribution in [1.29, 1.82) is 0 Å². The number of amides is 1. The van der Waals surface area contributed by atoms with Crippen LogP contribution in [0.2, 0.25) is 0 Å². The molecule has 0 saturated heterocycles. The smallest absolute Gasteiger partial charge is 0.267 e. The van der Waals surface area contributed by atoms with Crippen LogP contribution in [0.15, 0.2) is 62.9 Å². The van der Waals surface area contributed by atoms with Crippen LogP contribution < -0.4 is 10.6 Å². The monoisotopic (exact) mass is 396 g/mol. The number of carbonyl (C=O) groups is 1. The van der Waals surface area contributed by atoms with Crippen molar-refractivity contribution in [2.24, 2.45) is 5.10 Å². The molecule has 1 aliphatic rings. The van der Waals surface area contributed by atoms with E-state index in [1.54, 1.807) is 31.2 Å². The zero-order valence-electron chi connectivity index (χ0n) is 13.3. The van der Waals surface area contributed by atoms with Gasteiger partial charge in [-0.3, -0.25) is 9.59 Å². The topological polar surface area (TPSA) is 67.6 Å². The number of anilines is 1. The highest BCUT2D eigenvalue weighted by molar-refractivity contribution is 9.10. The molecule has 0 unspecified atom stereocenters. The average molecular weight is 397 g/mol. The molecule has 4 rings (SSSR count). The molecule has 0 fully saturated rings. The van der Waals surface area contributed by atoms with Gasteiger partial charge in [0, 0.05) is 10.2 Å². The summed E-state index contributed by atoms with van der Waals surface area (Å²) < 4.78 is 2.21. The van der Waals surface area contributed by atoms with Gasteiger partial charge < -0.3 is 0 Å². The number of halogens is 1. The lowest BCUT2D eigenvalue weighted by Gasteiger charge is -2.18. The lowest BCUT2D eigenvalue weighted by Crippen LogP contribution is -2.30. The molecule has 1 amide bonds. The van der Waals surface area contributed by atoms with Crippen molar-refractivity contribution in [1.82, 2.24) is 9.55 Å². The van der Waals surface area contributed by atoms with Gasteiger partial charge in [-0.05, 0) is 37.3 Å². The maximum Gasteiger partial charge on any atom is 0.267 e. The lowest BCUT2D eigenvalue weighted by atomic mass is 10.2. The van der Waals surface area contributed by atoms with E-state index in [2.05, 4.69) is 26.0 Å². The second-order valence-electron chi connectivity index (χ2n) is 5.77. The van der Waals surface area contributed by atoms with Crippen LogP contribution in [0.25, 0.3) is 16.6 Å². The summed E-state index contributed by atoms with van der Waals surface area (Å²) >= 11 is 3.39. The summed E-state index contributed by atoms with van der Waals surface area (Å²) in [5, 5.41) is 5.94. The molecule has 6 nitrogen and oxygen atoms in total. The second-order valence-corrected chi connectivity index (χ2v) is 6.68. The Morgan fingerprint density at radius 2 is 1.84 bits per heavy atom. The molecular weight excluding hydrogens is 384 g/mol. The van der Waals surface area contributed by atoms with Crippen molar-refractivity contribution in [3.63, 3.8) is 0 Å². The summed E-state index contributed by atoms with van der Waals surface area (Å²) in [6, 6.07) is 14.4. The molecule has 124 valence electrons. The third-order valence-electron chi connectivity index (χ3n) is 3.93. The number of hydrazone groups is 1. The van der Waals surface area contributed by atoms with Crippen molar-refractivity contribution < 1.29 is 4.79 Å². The first-order valence-corrected chi connectivity index (χ1v) is 8.48. The van der Waals surface area contributed by atoms with Crippen LogP contribution in [0, 0.1) is 0 Å². The van der Waals surface area contributed by atoms with Crippen LogP contribution >= 0.6 is 15.9 Å². The lowest BCUT2D eigenvalue weighted by molar-refractivity contribution is -0.117. The van der Waals surface area contributed by atoms with Crippen LogP contribution in [0.4, 0.5) is 5.95 Å². The Kier molecular flexibility index (Phi) is 3.73. The Bertz CT molecular complexity index is 1090. The number of hydrogen-bond acceptors (Lipinski definition) is 4. The molecule has 2 heterocycles. The summed E-state index contributed by atoms with van der Waals surface area (Å²) in [5.41, 5.74) is 1.59. The Hall–Kier alpha value is -2.80. The maximum absolute atomic E-state index is 13.2. The van der Waals surface area contributed by atoms with E-state index >= 15 is 0 Å². The number of para-hydroxylation sites is 1. The third-order valence-corrected chi connectivity index (χ3v) is 4.42. The largest absolute Gasteiger partial charge is 0.272 e. The Labute approximate surface area is 151 Å². The van der Waals surface area contributed by atoms with Gasteiger partial charge in [-0.1, -0.05) is 34.1 Å². The van der Waals surface area contributed by atoms with Gasteiger partial charge in [-0.2, -0.15) is 10.1 Å². The van der Waals surface area contributed by atoms with Gasteiger partial charge in [0.1, 0.15) is 0 Å². The summed E-state index contributed by atoms with van der Waals surface area (Å²) in [7, 11) is 0. The molecule has 1 aliphatic heterocycles. The third kappa shape index (κ3) is 2.66. The number of benzene rings is 2. The highest BCUT2D eigenvalue weighted by Crippen LogP contribution is 2.24. The minimum atomic E-state index is -0.250. The molecule has 7 heteroatoms. The first-order chi connectivity index (χ1) is 12.0. The molecular formula is C18H13BrN4O2. The van der Waals surface area contributed by atoms with E-state index in [-0.39, 0.29) is 23.8 Å². The minimum Gasteiger partial charge on any atom is -0.272 e. The highest BCUT2D eigenvalue weighted by Gasteiger charge is 2.28. The van der Waals surface area contributed by atoms with Gasteiger partial charge in [0.2, 0.25) is 5.95 Å². The number of hydrogen-bond donors (Lipinski definition) is 0. The van der Waals surface area contributed by atoms with Crippen LogP contribution in [-0.2, 0) is 4.79 Å². The van der Waals surface area contributed by atoms with Crippen molar-refractivity contribution in [2.45, 2.75) is 13.3 Å². The fraction of sp³-hybridized carbons (Fsp3) is 0.111. The normalized spacial score (nSPS) is 14.2. The number of fused-ring (bicyclic) bond motifs is 1. The van der Waals surface area contributed by atoms with E-state index in [0.29, 0.717) is 22.3 Å². The van der Waals surface area contributed by atoms with Crippen LogP contribution in [0.1, 0.15) is 13.3 Å². The van der Waals surface area contributed by atoms with Crippen molar-refractivity contribution in [3.05, 3.63) is 63.4 Å². The van der Waals surface area contributed by atoms with Gasteiger partial charge in [-0.15, -0.1) is 0 Å². The fourth-order valence-corrected chi connectivity index (χ4v) is 3.17. The highest BCUT2D eigenvalue weighted by atomic mass is 79.9. The van der Waals surface area contributed by atoms with Gasteiger partial charge in [0.05, 0.1) is 23.0 Å².